The molecule has 182 valence electrons. The van der Waals surface area contributed by atoms with Gasteiger partial charge in [0.25, 0.3) is 0 Å². The SMILES string of the molecule is CCCCCCCCCCc1ccc(-c2noc(CNC(=O)C(N)Cc3ccccc3)n2)cc1. The van der Waals surface area contributed by atoms with Crippen LogP contribution in [0, 0.1) is 0 Å². The molecule has 1 aromatic heterocycles. The van der Waals surface area contributed by atoms with Crippen LogP contribution in [0.5, 0.6) is 0 Å². The summed E-state index contributed by atoms with van der Waals surface area (Å²) in [6.45, 7) is 2.42. The third-order valence-corrected chi connectivity index (χ3v) is 6.05. The molecule has 1 atom stereocenters. The first-order chi connectivity index (χ1) is 16.7. The number of rotatable bonds is 15. The second-order valence-corrected chi connectivity index (χ2v) is 8.95. The van der Waals surface area contributed by atoms with Crippen LogP contribution in [0.2, 0.25) is 0 Å². The van der Waals surface area contributed by atoms with E-state index in [1.165, 1.54) is 56.9 Å². The van der Waals surface area contributed by atoms with Gasteiger partial charge in [0, 0.05) is 5.56 Å². The number of benzene rings is 2. The van der Waals surface area contributed by atoms with Crippen LogP contribution in [0.25, 0.3) is 11.4 Å². The van der Waals surface area contributed by atoms with Gasteiger partial charge in [-0.2, -0.15) is 4.98 Å². The van der Waals surface area contributed by atoms with Crippen LogP contribution in [0.4, 0.5) is 0 Å². The molecule has 0 aliphatic heterocycles. The van der Waals surface area contributed by atoms with E-state index in [1.54, 1.807) is 0 Å². The number of aromatic nitrogens is 2. The van der Waals surface area contributed by atoms with Crippen molar-refractivity contribution < 1.29 is 9.32 Å². The van der Waals surface area contributed by atoms with Gasteiger partial charge in [-0.1, -0.05) is 112 Å². The van der Waals surface area contributed by atoms with Crippen LogP contribution in [-0.4, -0.2) is 22.1 Å². The number of aryl methyl sites for hydroxylation is 1. The monoisotopic (exact) mass is 462 g/mol. The molecule has 0 fully saturated rings. The number of unbranched alkanes of at least 4 members (excludes halogenated alkanes) is 7. The Morgan fingerprint density at radius 2 is 1.59 bits per heavy atom. The standard InChI is InChI=1S/C28H38N4O2/c1-2-3-4-5-6-7-8-10-13-22-16-18-24(19-17-22)27-31-26(34-32-27)21-30-28(33)25(29)20-23-14-11-9-12-15-23/h9,11-12,14-19,25H,2-8,10,13,20-21,29H2,1H3,(H,30,33). The highest BCUT2D eigenvalue weighted by Gasteiger charge is 2.15. The summed E-state index contributed by atoms with van der Waals surface area (Å²) in [7, 11) is 0. The molecule has 0 spiro atoms. The third kappa shape index (κ3) is 8.75. The zero-order valence-corrected chi connectivity index (χ0v) is 20.3. The minimum atomic E-state index is -0.626. The highest BCUT2D eigenvalue weighted by molar-refractivity contribution is 5.81. The molecular formula is C28H38N4O2. The predicted molar refractivity (Wildman–Crippen MR) is 136 cm³/mol. The van der Waals surface area contributed by atoms with Crippen molar-refractivity contribution >= 4 is 5.91 Å². The first-order valence-electron chi connectivity index (χ1n) is 12.6. The van der Waals surface area contributed by atoms with E-state index >= 15 is 0 Å². The van der Waals surface area contributed by atoms with E-state index < -0.39 is 6.04 Å². The molecule has 1 amide bonds. The maximum Gasteiger partial charge on any atom is 0.246 e. The van der Waals surface area contributed by atoms with Gasteiger partial charge in [0.15, 0.2) is 0 Å². The highest BCUT2D eigenvalue weighted by atomic mass is 16.5. The van der Waals surface area contributed by atoms with Crippen LogP contribution in [-0.2, 0) is 24.2 Å². The minimum absolute atomic E-state index is 0.158. The fraction of sp³-hybridized carbons (Fsp3) is 0.464. The van der Waals surface area contributed by atoms with Gasteiger partial charge in [-0.3, -0.25) is 4.79 Å². The van der Waals surface area contributed by atoms with Gasteiger partial charge in [0.2, 0.25) is 17.6 Å². The van der Waals surface area contributed by atoms with Crippen molar-refractivity contribution in [3.8, 4) is 11.4 Å². The number of hydrogen-bond donors (Lipinski definition) is 2. The lowest BCUT2D eigenvalue weighted by Crippen LogP contribution is -2.41. The highest BCUT2D eigenvalue weighted by Crippen LogP contribution is 2.18. The number of hydrogen-bond acceptors (Lipinski definition) is 5. The number of nitrogens with zero attached hydrogens (tertiary/aromatic N) is 2. The van der Waals surface area contributed by atoms with E-state index in [2.05, 4.69) is 34.5 Å². The van der Waals surface area contributed by atoms with Crippen molar-refractivity contribution in [1.29, 1.82) is 0 Å². The van der Waals surface area contributed by atoms with Gasteiger partial charge in [-0.25, -0.2) is 0 Å². The van der Waals surface area contributed by atoms with Crippen molar-refractivity contribution in [2.45, 2.75) is 83.7 Å². The average Bonchev–Trinajstić information content (AvgIpc) is 3.34. The quantitative estimate of drug-likeness (QED) is 0.286. The van der Waals surface area contributed by atoms with Crippen LogP contribution >= 0.6 is 0 Å². The van der Waals surface area contributed by atoms with Gasteiger partial charge in [-0.15, -0.1) is 0 Å². The summed E-state index contributed by atoms with van der Waals surface area (Å²) in [5.74, 6) is 0.642. The molecule has 3 rings (SSSR count). The molecule has 6 heteroatoms. The Bertz CT molecular complexity index is 970. The van der Waals surface area contributed by atoms with Gasteiger partial charge >= 0.3 is 0 Å². The molecule has 1 heterocycles. The first-order valence-corrected chi connectivity index (χ1v) is 12.6. The second kappa shape index (κ2) is 14.3. The van der Waals surface area contributed by atoms with Gasteiger partial charge in [0.05, 0.1) is 12.6 Å². The van der Waals surface area contributed by atoms with Crippen molar-refractivity contribution in [2.24, 2.45) is 5.73 Å². The summed E-state index contributed by atoms with van der Waals surface area (Å²) in [4.78, 5) is 16.7. The largest absolute Gasteiger partial charge is 0.346 e. The lowest BCUT2D eigenvalue weighted by molar-refractivity contribution is -0.122. The smallest absolute Gasteiger partial charge is 0.246 e. The zero-order chi connectivity index (χ0) is 24.0. The third-order valence-electron chi connectivity index (χ3n) is 6.05. The molecule has 3 N–H and O–H groups in total. The lowest BCUT2D eigenvalue weighted by atomic mass is 10.0. The number of amides is 1. The molecular weight excluding hydrogens is 424 g/mol. The van der Waals surface area contributed by atoms with Crippen molar-refractivity contribution in [2.75, 3.05) is 0 Å². The molecule has 0 bridgehead atoms. The summed E-state index contributed by atoms with van der Waals surface area (Å²) >= 11 is 0. The van der Waals surface area contributed by atoms with Crippen LogP contribution in [0.15, 0.2) is 59.1 Å². The molecule has 0 aliphatic carbocycles. The Hall–Kier alpha value is -2.99. The molecule has 0 radical (unpaired) electrons. The van der Waals surface area contributed by atoms with E-state index in [0.717, 1.165) is 17.5 Å². The average molecular weight is 463 g/mol. The summed E-state index contributed by atoms with van der Waals surface area (Å²) in [5.41, 5.74) is 9.28. The first kappa shape index (κ1) is 25.6. The summed E-state index contributed by atoms with van der Waals surface area (Å²) in [6.07, 6.45) is 12.2. The van der Waals surface area contributed by atoms with Crippen molar-refractivity contribution in [1.82, 2.24) is 15.5 Å². The number of nitrogens with one attached hydrogen (secondary N) is 1. The van der Waals surface area contributed by atoms with E-state index in [1.807, 2.05) is 42.5 Å². The molecule has 6 nitrogen and oxygen atoms in total. The van der Waals surface area contributed by atoms with Crippen LogP contribution in [0.3, 0.4) is 0 Å². The van der Waals surface area contributed by atoms with Crippen molar-refractivity contribution in [3.63, 3.8) is 0 Å². The molecule has 3 aromatic rings. The minimum Gasteiger partial charge on any atom is -0.346 e. The zero-order valence-electron chi connectivity index (χ0n) is 20.3. The lowest BCUT2D eigenvalue weighted by Gasteiger charge is -2.11. The maximum absolute atomic E-state index is 12.3. The Morgan fingerprint density at radius 3 is 2.29 bits per heavy atom. The van der Waals surface area contributed by atoms with Crippen LogP contribution < -0.4 is 11.1 Å². The van der Waals surface area contributed by atoms with Crippen molar-refractivity contribution in [3.05, 3.63) is 71.6 Å². The van der Waals surface area contributed by atoms with E-state index in [0.29, 0.717) is 18.1 Å². The second-order valence-electron chi connectivity index (χ2n) is 8.95. The topological polar surface area (TPSA) is 94.0 Å². The summed E-state index contributed by atoms with van der Waals surface area (Å²) < 4.78 is 5.31. The summed E-state index contributed by atoms with van der Waals surface area (Å²) in [6, 6.07) is 17.4. The molecule has 0 saturated heterocycles. The van der Waals surface area contributed by atoms with Gasteiger partial charge in [-0.05, 0) is 30.4 Å². The molecule has 0 aliphatic rings. The van der Waals surface area contributed by atoms with E-state index in [4.69, 9.17) is 10.3 Å². The molecule has 1 unspecified atom stereocenters. The molecule has 0 saturated carbocycles. The maximum atomic E-state index is 12.3. The Kier molecular flexibility index (Phi) is 10.8. The predicted octanol–water partition coefficient (Wildman–Crippen LogP) is 5.61. The normalized spacial score (nSPS) is 11.9. The molecule has 2 aromatic carbocycles. The van der Waals surface area contributed by atoms with Gasteiger partial charge in [0.1, 0.15) is 0 Å². The fourth-order valence-electron chi connectivity index (χ4n) is 3.98. The number of carbonyl (C=O) groups is 1. The van der Waals surface area contributed by atoms with E-state index in [-0.39, 0.29) is 12.5 Å². The molecule has 34 heavy (non-hydrogen) atoms. The Balaban J connectivity index is 1.38. The Labute approximate surface area is 203 Å². The Morgan fingerprint density at radius 1 is 0.912 bits per heavy atom. The summed E-state index contributed by atoms with van der Waals surface area (Å²) in [5, 5.41) is 6.84. The van der Waals surface area contributed by atoms with Crippen LogP contribution in [0.1, 0.15) is 75.3 Å². The van der Waals surface area contributed by atoms with E-state index in [9.17, 15) is 4.79 Å². The fourth-order valence-corrected chi connectivity index (χ4v) is 3.98. The van der Waals surface area contributed by atoms with Gasteiger partial charge < -0.3 is 15.6 Å². The number of carbonyl (C=O) groups excluding carboxylic acids is 1. The number of nitrogens with two attached hydrogens (primary N) is 1.